The number of anilines is 8. The number of aromatic nitrogens is 13. The van der Waals surface area contributed by atoms with Gasteiger partial charge in [0.2, 0.25) is 29.7 Å². The van der Waals surface area contributed by atoms with E-state index in [2.05, 4.69) is 142 Å². The molecule has 0 saturated heterocycles. The molecule has 0 radical (unpaired) electrons. The minimum atomic E-state index is -4.56. The van der Waals surface area contributed by atoms with Crippen LogP contribution in [0.1, 0.15) is 166 Å². The molecule has 8 heterocycles. The lowest BCUT2D eigenvalue weighted by molar-refractivity contribution is -0.137. The van der Waals surface area contributed by atoms with Gasteiger partial charge in [-0.3, -0.25) is 0 Å². The van der Waals surface area contributed by atoms with Gasteiger partial charge in [0.05, 0.1) is 65.3 Å². The molecular formula is C106H116F3N21O6S3. The largest absolute Gasteiger partial charge is 0.416 e. The Morgan fingerprint density at radius 2 is 0.626 bits per heavy atom. The van der Waals surface area contributed by atoms with Crippen molar-refractivity contribution in [1.29, 1.82) is 0 Å². The van der Waals surface area contributed by atoms with Crippen molar-refractivity contribution in [2.24, 2.45) is 11.8 Å². The van der Waals surface area contributed by atoms with Crippen LogP contribution in [-0.2, 0) is 49.1 Å². The quantitative estimate of drug-likeness (QED) is 0.0351. The summed E-state index contributed by atoms with van der Waals surface area (Å²) in [5.74, 6) is 4.41. The maximum atomic E-state index is 13.5. The summed E-state index contributed by atoms with van der Waals surface area (Å²) in [7, 11) is -10.1. The minimum absolute atomic E-state index is 0.00396. The number of halogens is 3. The number of benzene rings is 8. The van der Waals surface area contributed by atoms with Gasteiger partial charge in [0.15, 0.2) is 0 Å². The monoisotopic (exact) mass is 1930 g/mol. The van der Waals surface area contributed by atoms with Crippen molar-refractivity contribution in [1.82, 2.24) is 61.8 Å². The average Bonchev–Trinajstić information content (AvgIpc) is 1.61. The molecule has 0 bridgehead atoms. The van der Waals surface area contributed by atoms with E-state index in [0.29, 0.717) is 97.1 Å². The van der Waals surface area contributed by atoms with Gasteiger partial charge in [-0.1, -0.05) is 216 Å². The predicted octanol–water partition coefficient (Wildman–Crippen LogP) is 22.1. The lowest BCUT2D eigenvalue weighted by Gasteiger charge is -2.23. The summed E-state index contributed by atoms with van der Waals surface area (Å²) in [5.41, 5.74) is 47.3. The fourth-order valence-electron chi connectivity index (χ4n) is 18.8. The van der Waals surface area contributed by atoms with E-state index in [-0.39, 0.29) is 32.5 Å². The van der Waals surface area contributed by atoms with Crippen molar-refractivity contribution in [2.75, 3.05) is 51.7 Å². The molecule has 8 aromatic carbocycles. The van der Waals surface area contributed by atoms with Crippen molar-refractivity contribution in [3.8, 4) is 56.3 Å². The number of nitrogens with two attached hydrogens (primary N) is 5. The molecule has 0 spiro atoms. The summed E-state index contributed by atoms with van der Waals surface area (Å²) >= 11 is 0. The third kappa shape index (κ3) is 23.0. The van der Waals surface area contributed by atoms with Crippen molar-refractivity contribution in [3.63, 3.8) is 0 Å². The van der Waals surface area contributed by atoms with Crippen LogP contribution in [0.5, 0.6) is 0 Å². The van der Waals surface area contributed by atoms with Crippen molar-refractivity contribution >= 4 is 110 Å². The third-order valence-electron chi connectivity index (χ3n) is 26.5. The topological polar surface area (TPSA) is 412 Å². The van der Waals surface area contributed by atoms with Crippen LogP contribution in [0, 0.1) is 53.4 Å². The number of fused-ring (bicyclic) bond motifs is 3. The number of para-hydroxylation sites is 3. The maximum absolute atomic E-state index is 13.5. The van der Waals surface area contributed by atoms with E-state index >= 15 is 0 Å². The minimum Gasteiger partial charge on any atom is -0.373 e. The Morgan fingerprint density at radius 1 is 0.331 bits per heavy atom. The highest BCUT2D eigenvalue weighted by atomic mass is 32.2. The van der Waals surface area contributed by atoms with Crippen molar-refractivity contribution in [2.45, 2.75) is 203 Å². The highest BCUT2D eigenvalue weighted by Crippen LogP contribution is 2.41. The maximum Gasteiger partial charge on any atom is 0.416 e. The number of hydrogen-bond acceptors (Lipinski definition) is 24. The molecule has 0 unspecified atom stereocenters. The molecule has 4 saturated carbocycles. The predicted molar refractivity (Wildman–Crippen MR) is 548 cm³/mol. The zero-order chi connectivity index (χ0) is 98.0. The summed E-state index contributed by atoms with van der Waals surface area (Å²) in [5, 5.41) is 12.0. The average molecular weight is 1930 g/mol. The first kappa shape index (κ1) is 97.9. The molecule has 13 N–H and O–H groups in total. The first-order valence-corrected chi connectivity index (χ1v) is 51.5. The number of nitrogen functional groups attached to an aromatic ring is 5. The Hall–Kier alpha value is -14.2. The summed E-state index contributed by atoms with van der Waals surface area (Å²) in [6.45, 7) is 12.4. The SMILES string of the molecule is CNc1cc(-c2cn(S(=O)(=O)c3ccc(C(F)(F)F)cc3)c3ccccc23)nc(N)n1.Cc1ccc(S(=O)(=O)n2cc(-c3cc(NC4CCCC4)nc(N)n3)c3ccccc32)cc1.Cc1ccc(S(=O)(=O)n2cc(-c3cc(NC4CCCCC4)nc(N)n3)c3ccccc32)cc1.Cc1cccc(-c2cc(CC3CCCC3)nc(N)n2)c1C.Cc1cccc(-c2cc(CC3CCCCC3)nc(N)n2)c1C. The van der Waals surface area contributed by atoms with Crippen molar-refractivity contribution < 1.29 is 38.4 Å². The van der Waals surface area contributed by atoms with Crippen LogP contribution >= 0.6 is 0 Å². The van der Waals surface area contributed by atoms with Crippen LogP contribution in [0.3, 0.4) is 0 Å². The summed E-state index contributed by atoms with van der Waals surface area (Å²) < 4.78 is 123. The second kappa shape index (κ2) is 42.4. The molecule has 0 amide bonds. The summed E-state index contributed by atoms with van der Waals surface area (Å²) in [6, 6.07) is 61.6. The second-order valence-electron chi connectivity index (χ2n) is 36.3. The first-order chi connectivity index (χ1) is 66.7. The lowest BCUT2D eigenvalue weighted by Crippen LogP contribution is -2.23. The molecule has 0 atom stereocenters. The van der Waals surface area contributed by atoms with Gasteiger partial charge in [0.1, 0.15) is 17.5 Å². The number of rotatable bonds is 20. The molecule has 16 aromatic rings. The molecule has 20 rings (SSSR count). The number of alkyl halides is 3. The number of nitrogens with one attached hydrogen (secondary N) is 3. The molecule has 4 aliphatic carbocycles. The standard InChI is InChI=1S/C25H27N5O2S.C24H25N5O2S.C20H16F3N5O2S.C19H25N3.C18H23N3/c1-17-11-13-19(14-12-17)33(31,32)30-16-21(20-9-5-6-10-23(20)30)22-15-24(29-25(26)28-22)27-18-7-3-2-4-8-18;1-16-10-12-18(13-11-16)32(30,31)29-15-20(19-8-4-5-9-22(19)29)21-14-23(28-24(25)27-21)26-17-6-2-3-7-17;1-25-18-10-16(26-19(24)27-18)15-11-28(17-5-3-2-4-14(15)17)31(29,30)13-8-6-12(7-9-13)20(21,22)23;1-13-7-6-10-17(14(13)2)18-12-16(21-19(20)22-18)11-15-8-4-3-5-9-15;1-12-6-5-9-16(13(12)2)17-11-15(20-18(19)21-17)10-14-7-3-4-8-14/h5-6,9-16,18H,2-4,7-8H2,1H3,(H3,26,27,28,29);4-5,8-15,17H,2-3,6-7H2,1H3,(H3,25,26,27,28);2-11H,1H3,(H3,24,25,26,27);6-7,10,12,15H,3-5,8-9,11H2,1-2H3,(H2,20,21,22);5-6,9,11,14H,3-4,7-8,10H2,1-2H3,(H2,19,20,21). The molecule has 4 fully saturated rings. The Morgan fingerprint density at radius 3 is 0.971 bits per heavy atom. The Bertz CT molecular complexity index is 7480. The molecular weight excluding hydrogens is 1820 g/mol. The van der Waals surface area contributed by atoms with Crippen LogP contribution in [0.15, 0.2) is 246 Å². The van der Waals surface area contributed by atoms with E-state index in [1.54, 1.807) is 110 Å². The molecule has 720 valence electrons. The van der Waals surface area contributed by atoms with Crippen LogP contribution in [0.2, 0.25) is 0 Å². The highest BCUT2D eigenvalue weighted by molar-refractivity contribution is 7.90. The van der Waals surface area contributed by atoms with Crippen LogP contribution in [-0.4, -0.2) is 106 Å². The van der Waals surface area contributed by atoms with Gasteiger partial charge in [0, 0.05) is 111 Å². The molecule has 8 aromatic heterocycles. The van der Waals surface area contributed by atoms with E-state index in [9.17, 15) is 38.4 Å². The Balaban J connectivity index is 0.000000127. The van der Waals surface area contributed by atoms with Gasteiger partial charge < -0.3 is 44.6 Å². The number of nitrogens with zero attached hydrogens (tertiary/aromatic N) is 13. The molecule has 27 nitrogen and oxygen atoms in total. The van der Waals surface area contributed by atoms with E-state index in [4.69, 9.17) is 28.7 Å². The first-order valence-electron chi connectivity index (χ1n) is 47.1. The van der Waals surface area contributed by atoms with Gasteiger partial charge >= 0.3 is 6.18 Å². The lowest BCUT2D eigenvalue weighted by atomic mass is 9.86. The molecule has 0 aliphatic heterocycles. The fraction of sp³-hybridized carbons (Fsp3) is 0.302. The van der Waals surface area contributed by atoms with Crippen molar-refractivity contribution in [3.05, 3.63) is 281 Å². The molecule has 4 aliphatic rings. The summed E-state index contributed by atoms with van der Waals surface area (Å²) in [6.07, 6.45) is 24.7. The van der Waals surface area contributed by atoms with Gasteiger partial charge in [-0.2, -0.15) is 28.1 Å². The normalized spacial score (nSPS) is 14.6. The van der Waals surface area contributed by atoms with E-state index < -0.39 is 41.8 Å². The Labute approximate surface area is 808 Å². The van der Waals surface area contributed by atoms with E-state index in [1.165, 1.54) is 132 Å². The van der Waals surface area contributed by atoms with Gasteiger partial charge in [-0.15, -0.1) is 0 Å². The zero-order valence-corrected chi connectivity index (χ0v) is 81.3. The van der Waals surface area contributed by atoms with Crippen LogP contribution in [0.4, 0.5) is 60.4 Å². The van der Waals surface area contributed by atoms with Gasteiger partial charge in [-0.25, -0.2) is 72.1 Å². The van der Waals surface area contributed by atoms with Gasteiger partial charge in [0.25, 0.3) is 30.1 Å². The molecule has 33 heteroatoms. The molecule has 139 heavy (non-hydrogen) atoms. The summed E-state index contributed by atoms with van der Waals surface area (Å²) in [4.78, 5) is 43.9. The smallest absolute Gasteiger partial charge is 0.373 e. The van der Waals surface area contributed by atoms with E-state index in [1.807, 2.05) is 62.4 Å². The fourth-order valence-corrected chi connectivity index (χ4v) is 22.9. The van der Waals surface area contributed by atoms with Crippen LogP contribution < -0.4 is 44.6 Å². The van der Waals surface area contributed by atoms with Gasteiger partial charge in [-0.05, 0) is 193 Å². The van der Waals surface area contributed by atoms with E-state index in [0.717, 1.165) is 129 Å². The second-order valence-corrected chi connectivity index (χ2v) is 41.8. The highest BCUT2D eigenvalue weighted by Gasteiger charge is 2.33. The zero-order valence-electron chi connectivity index (χ0n) is 78.9. The Kier molecular flexibility index (Phi) is 29.9. The number of hydrogen-bond donors (Lipinski definition) is 8. The van der Waals surface area contributed by atoms with Crippen LogP contribution in [0.25, 0.3) is 89.0 Å². The number of aryl methyl sites for hydroxylation is 4. The third-order valence-corrected chi connectivity index (χ3v) is 31.5.